The van der Waals surface area contributed by atoms with Crippen LogP contribution in [0.4, 0.5) is 5.69 Å². The lowest BCUT2D eigenvalue weighted by Crippen LogP contribution is -2.30. The Morgan fingerprint density at radius 3 is 2.78 bits per heavy atom. The number of hydrogen-bond acceptors (Lipinski definition) is 4. The molecule has 1 fully saturated rings. The highest BCUT2D eigenvalue weighted by Crippen LogP contribution is 2.18. The highest BCUT2D eigenvalue weighted by Gasteiger charge is 2.23. The number of esters is 1. The first kappa shape index (κ1) is 12.4. The molecule has 3 N–H and O–H groups in total. The second-order valence-electron chi connectivity index (χ2n) is 4.49. The molecule has 0 radical (unpaired) electrons. The normalized spacial score (nSPS) is 14.1. The molecule has 0 saturated heterocycles. The second kappa shape index (κ2) is 5.08. The Bertz CT molecular complexity index is 481. The molecule has 2 rings (SSSR count). The number of aryl methyl sites for hydroxylation is 1. The van der Waals surface area contributed by atoms with Crippen LogP contribution in [0, 0.1) is 6.92 Å². The van der Waals surface area contributed by atoms with Gasteiger partial charge in [0, 0.05) is 11.7 Å². The number of ether oxygens (including phenoxy) is 1. The lowest BCUT2D eigenvalue weighted by Gasteiger charge is -2.07. The van der Waals surface area contributed by atoms with Crippen molar-refractivity contribution in [1.82, 2.24) is 5.32 Å². The van der Waals surface area contributed by atoms with Crippen molar-refractivity contribution in [3.05, 3.63) is 29.3 Å². The molecule has 0 heterocycles. The van der Waals surface area contributed by atoms with Crippen LogP contribution in [0.2, 0.25) is 0 Å². The summed E-state index contributed by atoms with van der Waals surface area (Å²) in [4.78, 5) is 23.0. The van der Waals surface area contributed by atoms with Crippen LogP contribution in [0.15, 0.2) is 18.2 Å². The van der Waals surface area contributed by atoms with E-state index in [9.17, 15) is 9.59 Å². The highest BCUT2D eigenvalue weighted by atomic mass is 16.5. The number of nitrogens with two attached hydrogens (primary N) is 1. The van der Waals surface area contributed by atoms with Gasteiger partial charge in [0.1, 0.15) is 0 Å². The molecule has 0 aromatic heterocycles. The van der Waals surface area contributed by atoms with Gasteiger partial charge in [-0.3, -0.25) is 4.79 Å². The van der Waals surface area contributed by atoms with Crippen LogP contribution in [0.5, 0.6) is 0 Å². The third-order valence-electron chi connectivity index (χ3n) is 2.79. The maximum absolute atomic E-state index is 11.7. The van der Waals surface area contributed by atoms with E-state index in [2.05, 4.69) is 5.32 Å². The van der Waals surface area contributed by atoms with Gasteiger partial charge in [-0.1, -0.05) is 6.07 Å². The summed E-state index contributed by atoms with van der Waals surface area (Å²) in [6.45, 7) is 1.61. The lowest BCUT2D eigenvalue weighted by atomic mass is 10.1. The summed E-state index contributed by atoms with van der Waals surface area (Å²) >= 11 is 0. The Labute approximate surface area is 105 Å². The molecule has 5 heteroatoms. The Kier molecular flexibility index (Phi) is 3.50. The van der Waals surface area contributed by atoms with Crippen LogP contribution in [-0.2, 0) is 9.53 Å². The standard InChI is InChI=1S/C13H16N2O3/c1-8-2-3-9(6-11(8)14)13(17)18-7-12(16)15-10-4-5-10/h2-3,6,10H,4-5,7,14H2,1H3,(H,15,16). The molecule has 5 nitrogen and oxygen atoms in total. The summed E-state index contributed by atoms with van der Waals surface area (Å²) in [5.41, 5.74) is 7.50. The van der Waals surface area contributed by atoms with Crippen LogP contribution >= 0.6 is 0 Å². The molecule has 1 saturated carbocycles. The minimum absolute atomic E-state index is 0.247. The van der Waals surface area contributed by atoms with E-state index in [1.807, 2.05) is 6.92 Å². The van der Waals surface area contributed by atoms with Crippen LogP contribution in [-0.4, -0.2) is 24.5 Å². The molecule has 18 heavy (non-hydrogen) atoms. The number of hydrogen-bond donors (Lipinski definition) is 2. The predicted molar refractivity (Wildman–Crippen MR) is 67.0 cm³/mol. The number of benzene rings is 1. The SMILES string of the molecule is Cc1ccc(C(=O)OCC(=O)NC2CC2)cc1N. The molecule has 1 aliphatic rings. The van der Waals surface area contributed by atoms with Gasteiger partial charge in [-0.25, -0.2) is 4.79 Å². The van der Waals surface area contributed by atoms with Gasteiger partial charge in [-0.05, 0) is 37.5 Å². The molecule has 96 valence electrons. The molecule has 0 spiro atoms. The van der Waals surface area contributed by atoms with Gasteiger partial charge in [0.05, 0.1) is 5.56 Å². The maximum Gasteiger partial charge on any atom is 0.338 e. The molecule has 0 bridgehead atoms. The number of anilines is 1. The van der Waals surface area contributed by atoms with Crippen molar-refractivity contribution in [3.8, 4) is 0 Å². The van der Waals surface area contributed by atoms with E-state index in [4.69, 9.17) is 10.5 Å². The molecule has 1 aromatic carbocycles. The number of amides is 1. The molecule has 0 aliphatic heterocycles. The average Bonchev–Trinajstić information content (AvgIpc) is 3.13. The van der Waals surface area contributed by atoms with E-state index in [-0.39, 0.29) is 18.6 Å². The number of carbonyl (C=O) groups excluding carboxylic acids is 2. The number of nitrogens with one attached hydrogen (secondary N) is 1. The molecule has 1 aromatic rings. The molecule has 1 amide bonds. The van der Waals surface area contributed by atoms with Crippen molar-refractivity contribution in [1.29, 1.82) is 0 Å². The van der Waals surface area contributed by atoms with Crippen molar-refractivity contribution in [2.75, 3.05) is 12.3 Å². The van der Waals surface area contributed by atoms with E-state index in [1.54, 1.807) is 18.2 Å². The van der Waals surface area contributed by atoms with Gasteiger partial charge in [-0.2, -0.15) is 0 Å². The molecular formula is C13H16N2O3. The molecule has 0 unspecified atom stereocenters. The summed E-state index contributed by atoms with van der Waals surface area (Å²) in [6, 6.07) is 5.20. The van der Waals surface area contributed by atoms with Gasteiger partial charge >= 0.3 is 5.97 Å². The maximum atomic E-state index is 11.7. The van der Waals surface area contributed by atoms with Crippen LogP contribution in [0.25, 0.3) is 0 Å². The second-order valence-corrected chi connectivity index (χ2v) is 4.49. The number of nitrogen functional groups attached to an aromatic ring is 1. The summed E-state index contributed by atoms with van der Waals surface area (Å²) in [6.07, 6.45) is 2.02. The summed E-state index contributed by atoms with van der Waals surface area (Å²) < 4.78 is 4.91. The van der Waals surface area contributed by atoms with Crippen molar-refractivity contribution in [3.63, 3.8) is 0 Å². The minimum Gasteiger partial charge on any atom is -0.452 e. The first-order valence-electron chi connectivity index (χ1n) is 5.89. The van der Waals surface area contributed by atoms with E-state index < -0.39 is 5.97 Å². The first-order valence-corrected chi connectivity index (χ1v) is 5.89. The Balaban J connectivity index is 1.86. The monoisotopic (exact) mass is 248 g/mol. The van der Waals surface area contributed by atoms with Crippen molar-refractivity contribution in [2.45, 2.75) is 25.8 Å². The third-order valence-corrected chi connectivity index (χ3v) is 2.79. The third kappa shape index (κ3) is 3.23. The zero-order valence-electron chi connectivity index (χ0n) is 10.2. The Morgan fingerprint density at radius 2 is 2.17 bits per heavy atom. The summed E-state index contributed by atoms with van der Waals surface area (Å²) in [5.74, 6) is -0.793. The predicted octanol–water partition coefficient (Wildman–Crippen LogP) is 1.01. The van der Waals surface area contributed by atoms with Gasteiger partial charge in [-0.15, -0.1) is 0 Å². The number of rotatable bonds is 4. The smallest absolute Gasteiger partial charge is 0.338 e. The molecule has 0 atom stereocenters. The average molecular weight is 248 g/mol. The fraction of sp³-hybridized carbons (Fsp3) is 0.385. The van der Waals surface area contributed by atoms with Crippen molar-refractivity contribution in [2.24, 2.45) is 0 Å². The van der Waals surface area contributed by atoms with Crippen molar-refractivity contribution < 1.29 is 14.3 Å². The Morgan fingerprint density at radius 1 is 1.44 bits per heavy atom. The highest BCUT2D eigenvalue weighted by molar-refractivity contribution is 5.92. The van der Waals surface area contributed by atoms with Gasteiger partial charge in [0.15, 0.2) is 6.61 Å². The van der Waals surface area contributed by atoms with E-state index in [0.717, 1.165) is 18.4 Å². The topological polar surface area (TPSA) is 81.4 Å². The fourth-order valence-corrected chi connectivity index (χ4v) is 1.48. The van der Waals surface area contributed by atoms with Crippen LogP contribution < -0.4 is 11.1 Å². The van der Waals surface area contributed by atoms with E-state index in [0.29, 0.717) is 11.3 Å². The number of carbonyl (C=O) groups is 2. The first-order chi connectivity index (χ1) is 8.56. The zero-order valence-corrected chi connectivity index (χ0v) is 10.2. The molecule has 1 aliphatic carbocycles. The van der Waals surface area contributed by atoms with Gasteiger partial charge in [0.2, 0.25) is 0 Å². The molecular weight excluding hydrogens is 232 g/mol. The minimum atomic E-state index is -0.535. The fourth-order valence-electron chi connectivity index (χ4n) is 1.48. The van der Waals surface area contributed by atoms with Crippen molar-refractivity contribution >= 4 is 17.6 Å². The van der Waals surface area contributed by atoms with E-state index in [1.165, 1.54) is 0 Å². The largest absolute Gasteiger partial charge is 0.452 e. The summed E-state index contributed by atoms with van der Waals surface area (Å²) in [5, 5.41) is 2.74. The lowest BCUT2D eigenvalue weighted by molar-refractivity contribution is -0.124. The van der Waals surface area contributed by atoms with Gasteiger partial charge < -0.3 is 15.8 Å². The van der Waals surface area contributed by atoms with Crippen LogP contribution in [0.3, 0.4) is 0 Å². The summed E-state index contributed by atoms with van der Waals surface area (Å²) in [7, 11) is 0. The van der Waals surface area contributed by atoms with E-state index >= 15 is 0 Å². The van der Waals surface area contributed by atoms with Gasteiger partial charge in [0.25, 0.3) is 5.91 Å². The quantitative estimate of drug-likeness (QED) is 0.615. The Hall–Kier alpha value is -2.04. The van der Waals surface area contributed by atoms with Crippen LogP contribution in [0.1, 0.15) is 28.8 Å². The zero-order chi connectivity index (χ0) is 13.1.